The molecule has 2 aliphatic carbocycles. The maximum Gasteiger partial charge on any atom is 0.248 e. The molecule has 4 heteroatoms. The number of aliphatic hydroxyl groups is 1. The van der Waals surface area contributed by atoms with Gasteiger partial charge in [0.05, 0.1) is 6.10 Å². The second-order valence-electron chi connectivity index (χ2n) is 4.93. The molecule has 0 aromatic rings. The zero-order valence-corrected chi connectivity index (χ0v) is 8.18. The molecule has 0 unspecified atom stereocenters. The van der Waals surface area contributed by atoms with Crippen LogP contribution < -0.4 is 5.73 Å². The molecular weight excluding hydrogens is 188 g/mol. The Hall–Kier alpha value is -0.220. The maximum absolute atomic E-state index is 12.7. The van der Waals surface area contributed by atoms with Gasteiger partial charge in [-0.05, 0) is 31.6 Å². The number of halogens is 2. The topological polar surface area (TPSA) is 46.2 Å². The Labute approximate surface area is 82.5 Å². The van der Waals surface area contributed by atoms with Crippen molar-refractivity contribution in [2.75, 3.05) is 0 Å². The van der Waals surface area contributed by atoms with E-state index in [1.54, 1.807) is 0 Å². The summed E-state index contributed by atoms with van der Waals surface area (Å²) in [6.07, 6.45) is 2.33. The van der Waals surface area contributed by atoms with Gasteiger partial charge in [0.25, 0.3) is 0 Å². The molecule has 0 heterocycles. The molecule has 0 amide bonds. The van der Waals surface area contributed by atoms with E-state index in [2.05, 4.69) is 0 Å². The van der Waals surface area contributed by atoms with E-state index in [1.165, 1.54) is 0 Å². The van der Waals surface area contributed by atoms with E-state index in [4.69, 9.17) is 5.73 Å². The van der Waals surface area contributed by atoms with Crippen LogP contribution in [-0.2, 0) is 0 Å². The summed E-state index contributed by atoms with van der Waals surface area (Å²) in [5.41, 5.74) is 5.67. The monoisotopic (exact) mass is 205 g/mol. The fourth-order valence-electron chi connectivity index (χ4n) is 2.62. The second-order valence-corrected chi connectivity index (χ2v) is 4.93. The minimum atomic E-state index is -2.48. The highest BCUT2D eigenvalue weighted by Gasteiger charge is 2.53. The maximum atomic E-state index is 12.7. The number of hydrogen-bond acceptors (Lipinski definition) is 2. The number of alkyl halides is 2. The highest BCUT2D eigenvalue weighted by molar-refractivity contribution is 5.03. The van der Waals surface area contributed by atoms with Crippen LogP contribution in [-0.4, -0.2) is 22.7 Å². The van der Waals surface area contributed by atoms with Crippen LogP contribution >= 0.6 is 0 Å². The summed E-state index contributed by atoms with van der Waals surface area (Å²) < 4.78 is 25.4. The normalized spacial score (nSPS) is 43.3. The summed E-state index contributed by atoms with van der Waals surface area (Å²) in [6, 6.07) is 0. The van der Waals surface area contributed by atoms with E-state index in [0.717, 1.165) is 0 Å². The number of nitrogens with two attached hydrogens (primary N) is 1. The Bertz CT molecular complexity index is 216. The fraction of sp³-hybridized carbons (Fsp3) is 1.00. The molecule has 3 N–H and O–H groups in total. The quantitative estimate of drug-likeness (QED) is 0.684. The molecule has 2 fully saturated rings. The fourth-order valence-corrected chi connectivity index (χ4v) is 2.62. The van der Waals surface area contributed by atoms with E-state index in [9.17, 15) is 13.9 Å². The summed E-state index contributed by atoms with van der Waals surface area (Å²) in [5.74, 6) is -2.52. The van der Waals surface area contributed by atoms with Crippen LogP contribution in [0.15, 0.2) is 0 Å². The number of rotatable bonds is 1. The van der Waals surface area contributed by atoms with Crippen LogP contribution in [0, 0.1) is 5.92 Å². The lowest BCUT2D eigenvalue weighted by molar-refractivity contribution is -0.137. The highest BCUT2D eigenvalue weighted by Crippen LogP contribution is 2.50. The Morgan fingerprint density at radius 2 is 1.64 bits per heavy atom. The molecule has 2 aliphatic rings. The van der Waals surface area contributed by atoms with Crippen molar-refractivity contribution >= 4 is 0 Å². The van der Waals surface area contributed by atoms with Gasteiger partial charge in [-0.2, -0.15) is 0 Å². The van der Waals surface area contributed by atoms with Crippen molar-refractivity contribution in [3.05, 3.63) is 0 Å². The van der Waals surface area contributed by atoms with Gasteiger partial charge in [0.2, 0.25) is 5.92 Å². The first-order valence-electron chi connectivity index (χ1n) is 5.26. The predicted molar refractivity (Wildman–Crippen MR) is 49.1 cm³/mol. The summed E-state index contributed by atoms with van der Waals surface area (Å²) in [6.45, 7) is 0. The van der Waals surface area contributed by atoms with Crippen molar-refractivity contribution in [3.8, 4) is 0 Å². The summed E-state index contributed by atoms with van der Waals surface area (Å²) >= 11 is 0. The molecule has 0 bridgehead atoms. The molecule has 0 atom stereocenters. The Morgan fingerprint density at radius 3 is 2.07 bits per heavy atom. The van der Waals surface area contributed by atoms with Gasteiger partial charge in [0.1, 0.15) is 0 Å². The van der Waals surface area contributed by atoms with E-state index >= 15 is 0 Å². The minimum Gasteiger partial charge on any atom is -0.393 e. The van der Waals surface area contributed by atoms with Gasteiger partial charge in [-0.3, -0.25) is 0 Å². The van der Waals surface area contributed by atoms with Crippen molar-refractivity contribution < 1.29 is 13.9 Å². The van der Waals surface area contributed by atoms with E-state index in [-0.39, 0.29) is 24.9 Å². The lowest BCUT2D eigenvalue weighted by atomic mass is 9.63. The third kappa shape index (κ3) is 1.77. The van der Waals surface area contributed by atoms with Gasteiger partial charge in [-0.15, -0.1) is 0 Å². The lowest BCUT2D eigenvalue weighted by Gasteiger charge is -2.49. The van der Waals surface area contributed by atoms with Crippen LogP contribution in [0.4, 0.5) is 8.78 Å². The third-order valence-electron chi connectivity index (χ3n) is 3.79. The predicted octanol–water partition coefficient (Wildman–Crippen LogP) is 1.66. The Morgan fingerprint density at radius 1 is 1.14 bits per heavy atom. The van der Waals surface area contributed by atoms with Gasteiger partial charge in [0, 0.05) is 18.4 Å². The summed E-state index contributed by atoms with van der Waals surface area (Å²) in [4.78, 5) is 0. The summed E-state index contributed by atoms with van der Waals surface area (Å²) in [5, 5.41) is 9.31. The Kier molecular flexibility index (Phi) is 2.31. The SMILES string of the molecule is NC1(C2CC(F)(F)C2)CCC(O)CC1. The van der Waals surface area contributed by atoms with Crippen molar-refractivity contribution in [1.29, 1.82) is 0 Å². The zero-order valence-electron chi connectivity index (χ0n) is 8.18. The standard InChI is InChI=1S/C10H17F2NO/c11-10(12)5-7(6-10)9(13)3-1-8(14)2-4-9/h7-8,14H,1-6,13H2. The smallest absolute Gasteiger partial charge is 0.248 e. The van der Waals surface area contributed by atoms with Gasteiger partial charge in [-0.1, -0.05) is 0 Å². The molecule has 2 saturated carbocycles. The number of hydrogen-bond donors (Lipinski definition) is 2. The van der Waals surface area contributed by atoms with Crippen LogP contribution in [0.1, 0.15) is 38.5 Å². The molecule has 0 spiro atoms. The van der Waals surface area contributed by atoms with Gasteiger partial charge >= 0.3 is 0 Å². The third-order valence-corrected chi connectivity index (χ3v) is 3.79. The van der Waals surface area contributed by atoms with Crippen molar-refractivity contribution in [2.45, 2.75) is 56.1 Å². The van der Waals surface area contributed by atoms with Gasteiger partial charge in [-0.25, -0.2) is 8.78 Å². The van der Waals surface area contributed by atoms with E-state index in [0.29, 0.717) is 25.7 Å². The average molecular weight is 205 g/mol. The minimum absolute atomic E-state index is 0.0370. The first-order valence-corrected chi connectivity index (χ1v) is 5.26. The number of aliphatic hydroxyl groups excluding tert-OH is 1. The molecule has 14 heavy (non-hydrogen) atoms. The van der Waals surface area contributed by atoms with Crippen LogP contribution in [0.3, 0.4) is 0 Å². The van der Waals surface area contributed by atoms with Crippen LogP contribution in [0.2, 0.25) is 0 Å². The molecule has 0 aromatic heterocycles. The molecule has 0 saturated heterocycles. The van der Waals surface area contributed by atoms with E-state index in [1.807, 2.05) is 0 Å². The largest absolute Gasteiger partial charge is 0.393 e. The van der Waals surface area contributed by atoms with Crippen LogP contribution in [0.5, 0.6) is 0 Å². The molecule has 2 nitrogen and oxygen atoms in total. The zero-order chi connectivity index (χ0) is 10.4. The first-order chi connectivity index (χ1) is 6.41. The van der Waals surface area contributed by atoms with Crippen LogP contribution in [0.25, 0.3) is 0 Å². The molecule has 82 valence electrons. The highest BCUT2D eigenvalue weighted by atomic mass is 19.3. The first kappa shape index (κ1) is 10.3. The van der Waals surface area contributed by atoms with Crippen molar-refractivity contribution in [2.24, 2.45) is 11.7 Å². The lowest BCUT2D eigenvalue weighted by Crippen LogP contribution is -2.57. The average Bonchev–Trinajstić information content (AvgIpc) is 2.07. The molecule has 0 radical (unpaired) electrons. The van der Waals surface area contributed by atoms with Gasteiger partial charge in [0.15, 0.2) is 0 Å². The molecule has 2 rings (SSSR count). The Balaban J connectivity index is 1.91. The van der Waals surface area contributed by atoms with Gasteiger partial charge < -0.3 is 10.8 Å². The molecule has 0 aromatic carbocycles. The molecular formula is C10H17F2NO. The van der Waals surface area contributed by atoms with Crippen molar-refractivity contribution in [3.63, 3.8) is 0 Å². The van der Waals surface area contributed by atoms with Crippen molar-refractivity contribution in [1.82, 2.24) is 0 Å². The second kappa shape index (κ2) is 3.14. The summed E-state index contributed by atoms with van der Waals surface area (Å²) in [7, 11) is 0. The molecule has 0 aliphatic heterocycles. The van der Waals surface area contributed by atoms with E-state index < -0.39 is 11.5 Å².